The summed E-state index contributed by atoms with van der Waals surface area (Å²) in [5.41, 5.74) is 4.21. The summed E-state index contributed by atoms with van der Waals surface area (Å²) < 4.78 is 6.30. The van der Waals surface area contributed by atoms with Crippen molar-refractivity contribution in [2.45, 2.75) is 0 Å². The van der Waals surface area contributed by atoms with Crippen LogP contribution in [0.2, 0.25) is 0 Å². The van der Waals surface area contributed by atoms with Gasteiger partial charge in [0.05, 0.1) is 16.8 Å². The third-order valence-electron chi connectivity index (χ3n) is 5.08. The lowest BCUT2D eigenvalue weighted by molar-refractivity contribution is -0.119. The Kier molecular flexibility index (Phi) is 6.70. The first kappa shape index (κ1) is 22.5. The van der Waals surface area contributed by atoms with Crippen LogP contribution in [-0.2, 0) is 9.53 Å². The first-order valence-corrected chi connectivity index (χ1v) is 11.1. The fourth-order valence-corrected chi connectivity index (χ4v) is 3.63. The molecule has 0 aliphatic heterocycles. The number of nitrogens with one attached hydrogen (secondary N) is 1. The number of hydrogen-bond acceptors (Lipinski definition) is 5. The van der Waals surface area contributed by atoms with Crippen molar-refractivity contribution in [1.82, 2.24) is 4.98 Å². The number of anilines is 2. The van der Waals surface area contributed by atoms with Gasteiger partial charge in [-0.3, -0.25) is 4.79 Å². The van der Waals surface area contributed by atoms with Crippen molar-refractivity contribution in [1.29, 1.82) is 0 Å². The Morgan fingerprint density at radius 1 is 0.970 bits per heavy atom. The zero-order chi connectivity index (χ0) is 23.4. The van der Waals surface area contributed by atoms with Crippen LogP contribution < -0.4 is 10.2 Å². The average Bonchev–Trinajstić information content (AvgIpc) is 2.82. The first-order chi connectivity index (χ1) is 15.9. The van der Waals surface area contributed by atoms with E-state index in [4.69, 9.17) is 4.74 Å². The molecule has 0 spiro atoms. The molecular formula is C26H22BrN3O3. The molecule has 0 radical (unpaired) electrons. The molecule has 0 unspecified atom stereocenters. The highest BCUT2D eigenvalue weighted by Gasteiger charge is 2.17. The molecule has 0 fully saturated rings. The number of hydrogen-bond donors (Lipinski definition) is 1. The van der Waals surface area contributed by atoms with Gasteiger partial charge in [-0.15, -0.1) is 0 Å². The summed E-state index contributed by atoms with van der Waals surface area (Å²) in [6.45, 7) is -0.390. The lowest BCUT2D eigenvalue weighted by Gasteiger charge is -2.13. The number of amides is 1. The van der Waals surface area contributed by atoms with Crippen LogP contribution in [0.25, 0.3) is 22.2 Å². The molecule has 6 nitrogen and oxygen atoms in total. The lowest BCUT2D eigenvalue weighted by Crippen LogP contribution is -2.21. The molecule has 4 aromatic rings. The van der Waals surface area contributed by atoms with Crippen LogP contribution in [0.3, 0.4) is 0 Å². The van der Waals surface area contributed by atoms with E-state index in [2.05, 4.69) is 26.2 Å². The van der Waals surface area contributed by atoms with Gasteiger partial charge < -0.3 is 15.0 Å². The average molecular weight is 504 g/mol. The Hall–Kier alpha value is -3.71. The second-order valence-electron chi connectivity index (χ2n) is 7.64. The summed E-state index contributed by atoms with van der Waals surface area (Å²) >= 11 is 3.43. The maximum absolute atomic E-state index is 12.9. The van der Waals surface area contributed by atoms with Crippen molar-refractivity contribution in [2.75, 3.05) is 30.9 Å². The Labute approximate surface area is 200 Å². The first-order valence-electron chi connectivity index (χ1n) is 10.3. The standard InChI is InChI=1S/C26H22BrN3O3/c1-30(2)20-13-11-19(12-14-20)28-25(31)16-33-26(32)22-15-24(17-7-9-18(27)10-8-17)29-23-6-4-3-5-21(22)23/h3-15H,16H2,1-2H3,(H,28,31). The van der Waals surface area contributed by atoms with Gasteiger partial charge in [-0.2, -0.15) is 0 Å². The molecule has 0 aliphatic carbocycles. The normalized spacial score (nSPS) is 10.6. The number of benzene rings is 3. The van der Waals surface area contributed by atoms with Crippen molar-refractivity contribution in [3.05, 3.63) is 88.9 Å². The molecule has 0 saturated heterocycles. The van der Waals surface area contributed by atoms with Crippen molar-refractivity contribution in [3.63, 3.8) is 0 Å². The minimum absolute atomic E-state index is 0.363. The monoisotopic (exact) mass is 503 g/mol. The van der Waals surface area contributed by atoms with Gasteiger partial charge in [-0.05, 0) is 48.5 Å². The van der Waals surface area contributed by atoms with Crippen LogP contribution in [0.5, 0.6) is 0 Å². The largest absolute Gasteiger partial charge is 0.452 e. The van der Waals surface area contributed by atoms with E-state index in [-0.39, 0.29) is 0 Å². The minimum atomic E-state index is -0.579. The number of ether oxygens (including phenoxy) is 1. The van der Waals surface area contributed by atoms with Gasteiger partial charge in [0.1, 0.15) is 0 Å². The van der Waals surface area contributed by atoms with E-state index in [1.807, 2.05) is 79.7 Å². The quantitative estimate of drug-likeness (QED) is 0.350. The van der Waals surface area contributed by atoms with Crippen LogP contribution in [0.4, 0.5) is 11.4 Å². The van der Waals surface area contributed by atoms with E-state index >= 15 is 0 Å². The Bertz CT molecular complexity index is 1300. The molecular weight excluding hydrogens is 482 g/mol. The number of carbonyl (C=O) groups is 2. The van der Waals surface area contributed by atoms with Crippen LogP contribution in [-0.4, -0.2) is 37.6 Å². The highest BCUT2D eigenvalue weighted by Crippen LogP contribution is 2.26. The highest BCUT2D eigenvalue weighted by molar-refractivity contribution is 9.10. The summed E-state index contributed by atoms with van der Waals surface area (Å²) in [5.74, 6) is -0.988. The number of rotatable bonds is 6. The van der Waals surface area contributed by atoms with Gasteiger partial charge >= 0.3 is 5.97 Å². The molecule has 1 amide bonds. The molecule has 4 rings (SSSR count). The Morgan fingerprint density at radius 3 is 2.36 bits per heavy atom. The van der Waals surface area contributed by atoms with E-state index in [0.717, 1.165) is 15.7 Å². The SMILES string of the molecule is CN(C)c1ccc(NC(=O)COC(=O)c2cc(-c3ccc(Br)cc3)nc3ccccc23)cc1. The summed E-state index contributed by atoms with van der Waals surface area (Å²) in [6.07, 6.45) is 0. The molecule has 0 atom stereocenters. The smallest absolute Gasteiger partial charge is 0.339 e. The van der Waals surface area contributed by atoms with E-state index in [0.29, 0.717) is 27.8 Å². The van der Waals surface area contributed by atoms with Crippen LogP contribution in [0, 0.1) is 0 Å². The number of aromatic nitrogens is 1. The summed E-state index contributed by atoms with van der Waals surface area (Å²) in [5, 5.41) is 3.41. The molecule has 1 aromatic heterocycles. The van der Waals surface area contributed by atoms with Crippen molar-refractivity contribution < 1.29 is 14.3 Å². The fraction of sp³-hybridized carbons (Fsp3) is 0.115. The number of fused-ring (bicyclic) bond motifs is 1. The van der Waals surface area contributed by atoms with Gasteiger partial charge in [-0.25, -0.2) is 9.78 Å². The van der Waals surface area contributed by atoms with E-state index in [1.165, 1.54) is 0 Å². The molecule has 166 valence electrons. The van der Waals surface area contributed by atoms with Gasteiger partial charge in [-0.1, -0.05) is 46.3 Å². The summed E-state index contributed by atoms with van der Waals surface area (Å²) in [4.78, 5) is 31.9. The Morgan fingerprint density at radius 2 is 1.67 bits per heavy atom. The van der Waals surface area contributed by atoms with E-state index in [1.54, 1.807) is 18.2 Å². The second kappa shape index (κ2) is 9.83. The summed E-state index contributed by atoms with van der Waals surface area (Å²) in [6, 6.07) is 24.1. The maximum atomic E-state index is 12.9. The van der Waals surface area contributed by atoms with Gasteiger partial charge in [0.2, 0.25) is 0 Å². The fourth-order valence-electron chi connectivity index (χ4n) is 3.36. The third kappa shape index (κ3) is 5.38. The predicted molar refractivity (Wildman–Crippen MR) is 135 cm³/mol. The van der Waals surface area contributed by atoms with E-state index < -0.39 is 18.5 Å². The van der Waals surface area contributed by atoms with Gasteiger partial charge in [0.15, 0.2) is 6.61 Å². The number of para-hydroxylation sites is 1. The lowest BCUT2D eigenvalue weighted by atomic mass is 10.0. The second-order valence-corrected chi connectivity index (χ2v) is 8.56. The van der Waals surface area contributed by atoms with Crippen molar-refractivity contribution >= 4 is 50.1 Å². The highest BCUT2D eigenvalue weighted by atomic mass is 79.9. The van der Waals surface area contributed by atoms with E-state index in [9.17, 15) is 9.59 Å². The topological polar surface area (TPSA) is 71.5 Å². The van der Waals surface area contributed by atoms with Gasteiger partial charge in [0.25, 0.3) is 5.91 Å². The number of esters is 1. The third-order valence-corrected chi connectivity index (χ3v) is 5.61. The maximum Gasteiger partial charge on any atom is 0.339 e. The van der Waals surface area contributed by atoms with Crippen LogP contribution in [0.15, 0.2) is 83.3 Å². The number of carbonyl (C=O) groups excluding carboxylic acids is 2. The predicted octanol–water partition coefficient (Wildman–Crippen LogP) is 5.53. The molecule has 1 N–H and O–H groups in total. The zero-order valence-electron chi connectivity index (χ0n) is 18.2. The Balaban J connectivity index is 1.51. The molecule has 1 heterocycles. The zero-order valence-corrected chi connectivity index (χ0v) is 19.8. The number of pyridine rings is 1. The number of halogens is 1. The molecule has 0 bridgehead atoms. The molecule has 33 heavy (non-hydrogen) atoms. The summed E-state index contributed by atoms with van der Waals surface area (Å²) in [7, 11) is 3.88. The minimum Gasteiger partial charge on any atom is -0.452 e. The van der Waals surface area contributed by atoms with Crippen molar-refractivity contribution in [3.8, 4) is 11.3 Å². The molecule has 3 aromatic carbocycles. The number of nitrogens with zero attached hydrogens (tertiary/aromatic N) is 2. The van der Waals surface area contributed by atoms with Crippen LogP contribution in [0.1, 0.15) is 10.4 Å². The molecule has 0 saturated carbocycles. The van der Waals surface area contributed by atoms with Gasteiger partial charge in [0, 0.05) is 40.9 Å². The molecule has 7 heteroatoms. The molecule has 0 aliphatic rings. The van der Waals surface area contributed by atoms with Crippen LogP contribution >= 0.6 is 15.9 Å². The van der Waals surface area contributed by atoms with Crippen molar-refractivity contribution in [2.24, 2.45) is 0 Å².